The molecule has 6 rings (SSSR count). The second-order valence-electron chi connectivity index (χ2n) is 9.48. The van der Waals surface area contributed by atoms with E-state index in [2.05, 4.69) is 127 Å². The zero-order chi connectivity index (χ0) is 28.3. The number of halogens is 1. The molecule has 0 atom stereocenters. The van der Waals surface area contributed by atoms with Gasteiger partial charge in [0.15, 0.2) is 0 Å². The Balaban J connectivity index is 0.000000196. The van der Waals surface area contributed by atoms with Gasteiger partial charge < -0.3 is 17.0 Å². The van der Waals surface area contributed by atoms with Gasteiger partial charge in [-0.2, -0.15) is 6.42 Å². The molecule has 5 heteroatoms. The second-order valence-corrected chi connectivity index (χ2v) is 10.4. The van der Waals surface area contributed by atoms with Gasteiger partial charge >= 0.3 is 26.0 Å². The molecule has 0 heterocycles. The molecule has 0 amide bonds. The van der Waals surface area contributed by atoms with Crippen molar-refractivity contribution in [3.05, 3.63) is 145 Å². The molecular formula is C36H33BBrLiO2. The molecule has 2 N–H and O–H groups in total. The predicted octanol–water partition coefficient (Wildman–Crippen LogP) is 6.08. The minimum absolute atomic E-state index is 0. The Morgan fingerprint density at radius 3 is 1.32 bits per heavy atom. The molecule has 6 aromatic rings. The first kappa shape index (κ1) is 32.4. The van der Waals surface area contributed by atoms with Gasteiger partial charge in [0.05, 0.1) is 0 Å². The maximum Gasteiger partial charge on any atom is 1.00 e. The maximum atomic E-state index is 9.08. The van der Waals surface area contributed by atoms with Crippen LogP contribution in [0.5, 0.6) is 0 Å². The van der Waals surface area contributed by atoms with Crippen LogP contribution in [0.3, 0.4) is 0 Å². The molecule has 0 aliphatic rings. The zero-order valence-corrected chi connectivity index (χ0v) is 25.3. The van der Waals surface area contributed by atoms with Gasteiger partial charge in [-0.15, -0.1) is 0 Å². The Bertz CT molecular complexity index is 1650. The Hall–Kier alpha value is -3.10. The molecule has 2 nitrogen and oxygen atoms in total. The summed E-state index contributed by atoms with van der Waals surface area (Å²) in [7, 11) is -1.41. The maximum absolute atomic E-state index is 9.08. The Morgan fingerprint density at radius 1 is 0.561 bits per heavy atom. The largest absolute Gasteiger partial charge is 1.00 e. The number of benzene rings is 6. The van der Waals surface area contributed by atoms with E-state index in [0.717, 1.165) is 22.0 Å². The SMILES string of the molecule is Brc1ccc(-c2ccc3ccccc3c2)cc1.OB(O)c1ccc(-c2ccc3ccccc3c2)cc1.[CH2-]CCC.[Li+]. The molecule has 0 fully saturated rings. The topological polar surface area (TPSA) is 40.5 Å². The van der Waals surface area contributed by atoms with Gasteiger partial charge in [0.2, 0.25) is 0 Å². The van der Waals surface area contributed by atoms with E-state index in [1.54, 1.807) is 12.1 Å². The number of fused-ring (bicyclic) bond motifs is 2. The van der Waals surface area contributed by atoms with Crippen LogP contribution in [0.2, 0.25) is 0 Å². The van der Waals surface area contributed by atoms with E-state index in [1.807, 2.05) is 24.3 Å². The monoisotopic (exact) mass is 594 g/mol. The third kappa shape index (κ3) is 9.20. The fourth-order valence-electron chi connectivity index (χ4n) is 4.23. The molecule has 0 bridgehead atoms. The average molecular weight is 595 g/mol. The van der Waals surface area contributed by atoms with Crippen molar-refractivity contribution in [2.24, 2.45) is 0 Å². The van der Waals surface area contributed by atoms with Crippen LogP contribution >= 0.6 is 15.9 Å². The van der Waals surface area contributed by atoms with E-state index in [-0.39, 0.29) is 18.9 Å². The average Bonchev–Trinajstić information content (AvgIpc) is 3.01. The summed E-state index contributed by atoms with van der Waals surface area (Å²) in [6.45, 7) is 5.72. The third-order valence-corrected chi connectivity index (χ3v) is 7.10. The summed E-state index contributed by atoms with van der Waals surface area (Å²) in [5, 5.41) is 23.2. The molecule has 0 unspecified atom stereocenters. The van der Waals surface area contributed by atoms with E-state index in [4.69, 9.17) is 10.0 Å². The van der Waals surface area contributed by atoms with E-state index in [1.165, 1.54) is 39.1 Å². The standard InChI is InChI=1S/C16H13BO2.C16H11Br.C4H9.Li/c18-17(19)16-9-7-13(8-10-16)15-6-5-12-3-1-2-4-14(12)11-15;17-16-9-7-13(8-10-16)15-6-5-12-3-1-2-4-14(12)11-15;1-3-4-2;/h1-11,18-19H;1-11H;1,3-4H2,2H3;/q;;-1;+1. The minimum Gasteiger partial charge on any atom is -0.423 e. The van der Waals surface area contributed by atoms with Crippen LogP contribution < -0.4 is 24.3 Å². The van der Waals surface area contributed by atoms with E-state index in [0.29, 0.717) is 5.46 Å². The van der Waals surface area contributed by atoms with Crippen molar-refractivity contribution in [1.82, 2.24) is 0 Å². The molecule has 0 saturated carbocycles. The summed E-state index contributed by atoms with van der Waals surface area (Å²) < 4.78 is 1.11. The fourth-order valence-corrected chi connectivity index (χ4v) is 4.49. The molecule has 41 heavy (non-hydrogen) atoms. The van der Waals surface area contributed by atoms with Crippen LogP contribution in [-0.2, 0) is 0 Å². The molecule has 0 radical (unpaired) electrons. The van der Waals surface area contributed by atoms with Gasteiger partial charge in [-0.3, -0.25) is 0 Å². The molecular weight excluding hydrogens is 562 g/mol. The summed E-state index contributed by atoms with van der Waals surface area (Å²) in [5.41, 5.74) is 5.20. The molecule has 0 aromatic heterocycles. The van der Waals surface area contributed by atoms with Gasteiger partial charge in [-0.1, -0.05) is 138 Å². The molecule has 0 aliphatic carbocycles. The summed E-state index contributed by atoms with van der Waals surface area (Å²) in [6, 6.07) is 45.2. The molecule has 200 valence electrons. The molecule has 6 aromatic carbocycles. The van der Waals surface area contributed by atoms with Crippen LogP contribution in [0, 0.1) is 6.92 Å². The van der Waals surface area contributed by atoms with Crippen molar-refractivity contribution in [2.45, 2.75) is 19.8 Å². The van der Waals surface area contributed by atoms with E-state index >= 15 is 0 Å². The van der Waals surface area contributed by atoms with Gasteiger partial charge in [-0.05, 0) is 73.5 Å². The molecule has 0 spiro atoms. The van der Waals surface area contributed by atoms with Crippen LogP contribution in [0.1, 0.15) is 19.8 Å². The Kier molecular flexibility index (Phi) is 12.9. The third-order valence-electron chi connectivity index (χ3n) is 6.57. The number of hydrogen-bond donors (Lipinski definition) is 2. The van der Waals surface area contributed by atoms with Gasteiger partial charge in [-0.25, -0.2) is 0 Å². The van der Waals surface area contributed by atoms with Crippen LogP contribution in [0.15, 0.2) is 138 Å². The zero-order valence-electron chi connectivity index (χ0n) is 23.7. The summed E-state index contributed by atoms with van der Waals surface area (Å²) in [5.74, 6) is 0. The van der Waals surface area contributed by atoms with Crippen molar-refractivity contribution >= 4 is 50.1 Å². The first-order chi connectivity index (χ1) is 19.5. The van der Waals surface area contributed by atoms with Crippen molar-refractivity contribution in [1.29, 1.82) is 0 Å². The van der Waals surface area contributed by atoms with Crippen molar-refractivity contribution < 1.29 is 28.9 Å². The first-order valence-electron chi connectivity index (χ1n) is 13.5. The number of rotatable bonds is 4. The van der Waals surface area contributed by atoms with Gasteiger partial charge in [0, 0.05) is 4.47 Å². The molecule has 0 aliphatic heterocycles. The second kappa shape index (κ2) is 16.4. The first-order valence-corrected chi connectivity index (χ1v) is 14.3. The van der Waals surface area contributed by atoms with E-state index < -0.39 is 7.12 Å². The van der Waals surface area contributed by atoms with Crippen LogP contribution in [-0.4, -0.2) is 17.2 Å². The van der Waals surface area contributed by atoms with Gasteiger partial charge in [0.25, 0.3) is 0 Å². The van der Waals surface area contributed by atoms with Crippen molar-refractivity contribution in [3.63, 3.8) is 0 Å². The summed E-state index contributed by atoms with van der Waals surface area (Å²) in [4.78, 5) is 0. The van der Waals surface area contributed by atoms with Crippen LogP contribution in [0.25, 0.3) is 43.8 Å². The Morgan fingerprint density at radius 2 is 0.927 bits per heavy atom. The molecule has 0 saturated heterocycles. The smallest absolute Gasteiger partial charge is 0.423 e. The van der Waals surface area contributed by atoms with Gasteiger partial charge in [0.1, 0.15) is 0 Å². The van der Waals surface area contributed by atoms with Crippen molar-refractivity contribution in [2.75, 3.05) is 0 Å². The summed E-state index contributed by atoms with van der Waals surface area (Å²) >= 11 is 3.46. The minimum atomic E-state index is -1.41. The quantitative estimate of drug-likeness (QED) is 0.192. The van der Waals surface area contributed by atoms with E-state index in [9.17, 15) is 0 Å². The summed E-state index contributed by atoms with van der Waals surface area (Å²) in [6.07, 6.45) is 2.28. The Labute approximate surface area is 264 Å². The number of unbranched alkanes of at least 4 members (excludes halogenated alkanes) is 1. The normalized spacial score (nSPS) is 10.1. The van der Waals surface area contributed by atoms with Crippen molar-refractivity contribution in [3.8, 4) is 22.3 Å². The fraction of sp³-hybridized carbons (Fsp3) is 0.0833. The predicted molar refractivity (Wildman–Crippen MR) is 177 cm³/mol. The number of hydrogen-bond acceptors (Lipinski definition) is 2. The van der Waals surface area contributed by atoms with Crippen LogP contribution in [0.4, 0.5) is 0 Å².